The fourth-order valence-electron chi connectivity index (χ4n) is 3.08. The Hall–Kier alpha value is -2.53. The second kappa shape index (κ2) is 6.41. The Kier molecular flexibility index (Phi) is 4.43. The Balaban J connectivity index is 2.10. The SMILES string of the molecule is CC1=C(CC=O)c2cc(F)ccc2/C1=C\c1ccc(S(C)(=O)=O)cc1. The van der Waals surface area contributed by atoms with Crippen molar-refractivity contribution in [2.75, 3.05) is 6.26 Å². The molecule has 0 saturated heterocycles. The Labute approximate surface area is 146 Å². The van der Waals surface area contributed by atoms with E-state index in [-0.39, 0.29) is 17.1 Å². The summed E-state index contributed by atoms with van der Waals surface area (Å²) < 4.78 is 36.7. The Morgan fingerprint density at radius 1 is 1.04 bits per heavy atom. The minimum Gasteiger partial charge on any atom is -0.303 e. The third-order valence-corrected chi connectivity index (χ3v) is 5.49. The number of carbonyl (C=O) groups is 1. The molecule has 5 heteroatoms. The maximum Gasteiger partial charge on any atom is 0.175 e. The first-order valence-corrected chi connectivity index (χ1v) is 9.66. The van der Waals surface area contributed by atoms with Crippen molar-refractivity contribution in [3.05, 3.63) is 70.5 Å². The molecule has 1 aliphatic rings. The molecule has 0 N–H and O–H groups in total. The largest absolute Gasteiger partial charge is 0.303 e. The summed E-state index contributed by atoms with van der Waals surface area (Å²) in [6.07, 6.45) is 4.14. The van der Waals surface area contributed by atoms with Gasteiger partial charge in [0.15, 0.2) is 9.84 Å². The van der Waals surface area contributed by atoms with Crippen molar-refractivity contribution >= 4 is 33.3 Å². The summed E-state index contributed by atoms with van der Waals surface area (Å²) in [4.78, 5) is 11.3. The first-order valence-electron chi connectivity index (χ1n) is 7.77. The van der Waals surface area contributed by atoms with Crippen molar-refractivity contribution in [2.45, 2.75) is 18.2 Å². The van der Waals surface area contributed by atoms with Crippen LogP contribution < -0.4 is 0 Å². The third kappa shape index (κ3) is 3.33. The average molecular weight is 356 g/mol. The molecule has 3 rings (SSSR count). The monoisotopic (exact) mass is 356 g/mol. The highest BCUT2D eigenvalue weighted by molar-refractivity contribution is 7.90. The molecule has 0 spiro atoms. The van der Waals surface area contributed by atoms with Gasteiger partial charge in [-0.1, -0.05) is 18.2 Å². The van der Waals surface area contributed by atoms with Gasteiger partial charge in [0.05, 0.1) is 4.90 Å². The molecule has 2 aromatic carbocycles. The van der Waals surface area contributed by atoms with Crippen LogP contribution in [0.1, 0.15) is 30.0 Å². The quantitative estimate of drug-likeness (QED) is 0.774. The van der Waals surface area contributed by atoms with Crippen LogP contribution in [0.25, 0.3) is 17.2 Å². The number of hydrogen-bond acceptors (Lipinski definition) is 3. The number of aldehydes is 1. The van der Waals surface area contributed by atoms with E-state index in [2.05, 4.69) is 0 Å². The van der Waals surface area contributed by atoms with Crippen LogP contribution in [-0.2, 0) is 14.6 Å². The lowest BCUT2D eigenvalue weighted by molar-refractivity contribution is -0.107. The summed E-state index contributed by atoms with van der Waals surface area (Å²) in [5, 5.41) is 0. The molecular formula is C20H17FO3S. The topological polar surface area (TPSA) is 51.2 Å². The number of rotatable bonds is 4. The number of hydrogen-bond donors (Lipinski definition) is 0. The van der Waals surface area contributed by atoms with Gasteiger partial charge in [0.25, 0.3) is 0 Å². The van der Waals surface area contributed by atoms with Crippen LogP contribution >= 0.6 is 0 Å². The molecule has 0 heterocycles. The number of carbonyl (C=O) groups excluding carboxylic acids is 1. The maximum atomic E-state index is 13.6. The van der Waals surface area contributed by atoms with Gasteiger partial charge in [-0.15, -0.1) is 0 Å². The minimum absolute atomic E-state index is 0.229. The average Bonchev–Trinajstić information content (AvgIpc) is 2.80. The minimum atomic E-state index is -3.24. The highest BCUT2D eigenvalue weighted by atomic mass is 32.2. The summed E-state index contributed by atoms with van der Waals surface area (Å²) in [5.41, 5.74) is 5.12. The molecule has 0 aliphatic heterocycles. The van der Waals surface area contributed by atoms with Crippen molar-refractivity contribution in [2.24, 2.45) is 0 Å². The van der Waals surface area contributed by atoms with Gasteiger partial charge >= 0.3 is 0 Å². The van der Waals surface area contributed by atoms with Crippen LogP contribution in [0.5, 0.6) is 0 Å². The molecule has 128 valence electrons. The number of allylic oxidation sites excluding steroid dienone is 3. The molecule has 1 aliphatic carbocycles. The highest BCUT2D eigenvalue weighted by Crippen LogP contribution is 2.43. The van der Waals surface area contributed by atoms with E-state index in [0.717, 1.165) is 39.7 Å². The molecule has 25 heavy (non-hydrogen) atoms. The molecule has 0 aromatic heterocycles. The van der Waals surface area contributed by atoms with E-state index >= 15 is 0 Å². The maximum absolute atomic E-state index is 13.6. The van der Waals surface area contributed by atoms with E-state index in [1.54, 1.807) is 30.3 Å². The Morgan fingerprint density at radius 2 is 1.72 bits per heavy atom. The van der Waals surface area contributed by atoms with Gasteiger partial charge in [-0.3, -0.25) is 0 Å². The van der Waals surface area contributed by atoms with Gasteiger partial charge in [-0.05, 0) is 70.7 Å². The van der Waals surface area contributed by atoms with Crippen LogP contribution in [0.3, 0.4) is 0 Å². The number of fused-ring (bicyclic) bond motifs is 1. The summed E-state index contributed by atoms with van der Waals surface area (Å²) in [6.45, 7) is 1.91. The fraction of sp³-hybridized carbons (Fsp3) is 0.150. The third-order valence-electron chi connectivity index (χ3n) is 4.36. The first kappa shape index (κ1) is 17.3. The van der Waals surface area contributed by atoms with Crippen LogP contribution in [-0.4, -0.2) is 21.0 Å². The van der Waals surface area contributed by atoms with Crippen LogP contribution in [0.15, 0.2) is 52.9 Å². The smallest absolute Gasteiger partial charge is 0.175 e. The molecule has 0 atom stereocenters. The van der Waals surface area contributed by atoms with Gasteiger partial charge in [0.1, 0.15) is 12.1 Å². The number of halogens is 1. The second-order valence-electron chi connectivity index (χ2n) is 6.06. The Morgan fingerprint density at radius 3 is 2.32 bits per heavy atom. The molecule has 0 amide bonds. The van der Waals surface area contributed by atoms with E-state index in [9.17, 15) is 17.6 Å². The number of benzene rings is 2. The van der Waals surface area contributed by atoms with E-state index < -0.39 is 9.84 Å². The molecule has 0 saturated carbocycles. The predicted octanol–water partition coefficient (Wildman–Crippen LogP) is 4.15. The van der Waals surface area contributed by atoms with Crippen LogP contribution in [0.4, 0.5) is 4.39 Å². The molecule has 0 bridgehead atoms. The first-order chi connectivity index (χ1) is 11.8. The van der Waals surface area contributed by atoms with Gasteiger partial charge in [-0.25, -0.2) is 12.8 Å². The zero-order chi connectivity index (χ0) is 18.2. The molecule has 0 fully saturated rings. The van der Waals surface area contributed by atoms with Crippen molar-refractivity contribution in [1.29, 1.82) is 0 Å². The highest BCUT2D eigenvalue weighted by Gasteiger charge is 2.23. The van der Waals surface area contributed by atoms with Gasteiger partial charge in [0.2, 0.25) is 0 Å². The van der Waals surface area contributed by atoms with E-state index in [1.807, 2.05) is 13.0 Å². The van der Waals surface area contributed by atoms with Crippen molar-refractivity contribution in [3.63, 3.8) is 0 Å². The lowest BCUT2D eigenvalue weighted by Crippen LogP contribution is -1.96. The summed E-state index contributed by atoms with van der Waals surface area (Å²) in [7, 11) is -3.24. The van der Waals surface area contributed by atoms with E-state index in [1.165, 1.54) is 18.4 Å². The van der Waals surface area contributed by atoms with Crippen LogP contribution in [0.2, 0.25) is 0 Å². The van der Waals surface area contributed by atoms with Crippen LogP contribution in [0, 0.1) is 5.82 Å². The lowest BCUT2D eigenvalue weighted by atomic mass is 10.0. The zero-order valence-electron chi connectivity index (χ0n) is 13.9. The van der Waals surface area contributed by atoms with E-state index in [0.29, 0.717) is 0 Å². The fourth-order valence-corrected chi connectivity index (χ4v) is 3.71. The Bertz CT molecular complexity index is 1010. The molecule has 0 unspecified atom stereocenters. The standard InChI is InChI=1S/C20H17FO3S/c1-13-17(9-10-22)20-12-15(21)5-8-18(20)19(13)11-14-3-6-16(7-4-14)25(2,23)24/h3-8,10-12H,9H2,1-2H3/b19-11-. The lowest BCUT2D eigenvalue weighted by Gasteiger charge is -2.05. The van der Waals surface area contributed by atoms with Crippen molar-refractivity contribution < 1.29 is 17.6 Å². The van der Waals surface area contributed by atoms with E-state index in [4.69, 9.17) is 0 Å². The van der Waals surface area contributed by atoms with Crippen molar-refractivity contribution in [1.82, 2.24) is 0 Å². The second-order valence-corrected chi connectivity index (χ2v) is 8.08. The molecular weight excluding hydrogens is 339 g/mol. The number of sulfone groups is 1. The van der Waals surface area contributed by atoms with Gasteiger partial charge in [0, 0.05) is 12.7 Å². The summed E-state index contributed by atoms with van der Waals surface area (Å²) in [5.74, 6) is -0.339. The van der Waals surface area contributed by atoms with Gasteiger partial charge < -0.3 is 4.79 Å². The zero-order valence-corrected chi connectivity index (χ0v) is 14.7. The van der Waals surface area contributed by atoms with Gasteiger partial charge in [-0.2, -0.15) is 0 Å². The molecule has 0 radical (unpaired) electrons. The summed E-state index contributed by atoms with van der Waals surface area (Å²) >= 11 is 0. The predicted molar refractivity (Wildman–Crippen MR) is 97.1 cm³/mol. The summed E-state index contributed by atoms with van der Waals surface area (Å²) in [6, 6.07) is 11.2. The molecule has 2 aromatic rings. The van der Waals surface area contributed by atoms with Crippen molar-refractivity contribution in [3.8, 4) is 0 Å². The molecule has 3 nitrogen and oxygen atoms in total. The normalized spacial score (nSPS) is 15.6.